The van der Waals surface area contributed by atoms with E-state index in [4.69, 9.17) is 9.72 Å². The van der Waals surface area contributed by atoms with Gasteiger partial charge in [-0.1, -0.05) is 43.3 Å². The molecule has 3 aromatic rings. The van der Waals surface area contributed by atoms with Crippen molar-refractivity contribution < 1.29 is 4.74 Å². The molecule has 0 fully saturated rings. The van der Waals surface area contributed by atoms with E-state index in [2.05, 4.69) is 44.2 Å². The second-order valence-corrected chi connectivity index (χ2v) is 5.13. The maximum atomic E-state index is 5.58. The van der Waals surface area contributed by atoms with Crippen LogP contribution in [0.5, 0.6) is 5.75 Å². The molecule has 0 aliphatic heterocycles. The summed E-state index contributed by atoms with van der Waals surface area (Å²) >= 11 is 0. The van der Waals surface area contributed by atoms with Gasteiger partial charge in [0, 0.05) is 5.69 Å². The molecular formula is C19H19NO. The number of fused-ring (bicyclic) bond motifs is 1. The van der Waals surface area contributed by atoms with E-state index in [0.717, 1.165) is 28.8 Å². The summed E-state index contributed by atoms with van der Waals surface area (Å²) in [6, 6.07) is 16.5. The minimum absolute atomic E-state index is 0.879. The highest BCUT2D eigenvalue weighted by Gasteiger charge is 2.15. The van der Waals surface area contributed by atoms with E-state index in [9.17, 15) is 0 Å². The maximum absolute atomic E-state index is 5.58. The number of pyridine rings is 1. The van der Waals surface area contributed by atoms with Crippen molar-refractivity contribution in [3.8, 4) is 16.9 Å². The van der Waals surface area contributed by atoms with Crippen molar-refractivity contribution in [3.63, 3.8) is 0 Å². The summed E-state index contributed by atoms with van der Waals surface area (Å²) in [4.78, 5) is 4.81. The summed E-state index contributed by atoms with van der Waals surface area (Å²) in [5.41, 5.74) is 5.82. The normalized spacial score (nSPS) is 10.8. The minimum Gasteiger partial charge on any atom is -0.496 e. The van der Waals surface area contributed by atoms with Crippen LogP contribution in [0.15, 0.2) is 48.5 Å². The number of rotatable bonds is 3. The third kappa shape index (κ3) is 2.27. The van der Waals surface area contributed by atoms with Crippen LogP contribution in [0.1, 0.15) is 18.2 Å². The van der Waals surface area contributed by atoms with Crippen molar-refractivity contribution in [2.45, 2.75) is 20.3 Å². The molecule has 0 atom stereocenters. The van der Waals surface area contributed by atoms with Gasteiger partial charge in [-0.05, 0) is 42.2 Å². The number of aryl methyl sites for hydroxylation is 1. The van der Waals surface area contributed by atoms with Crippen LogP contribution in [-0.4, -0.2) is 12.1 Å². The molecule has 0 unspecified atom stereocenters. The van der Waals surface area contributed by atoms with Gasteiger partial charge in [0.2, 0.25) is 0 Å². The van der Waals surface area contributed by atoms with E-state index >= 15 is 0 Å². The molecule has 0 amide bonds. The Bertz CT molecular complexity index is 778. The van der Waals surface area contributed by atoms with Crippen LogP contribution in [-0.2, 0) is 6.42 Å². The summed E-state index contributed by atoms with van der Waals surface area (Å²) in [5.74, 6) is 0.879. The van der Waals surface area contributed by atoms with Crippen LogP contribution < -0.4 is 4.74 Å². The van der Waals surface area contributed by atoms with Gasteiger partial charge < -0.3 is 4.74 Å². The molecule has 106 valence electrons. The third-order valence-electron chi connectivity index (χ3n) is 3.93. The zero-order valence-corrected chi connectivity index (χ0v) is 12.7. The Morgan fingerprint density at radius 3 is 2.43 bits per heavy atom. The molecule has 0 aliphatic carbocycles. The van der Waals surface area contributed by atoms with Crippen molar-refractivity contribution in [1.82, 2.24) is 4.98 Å². The van der Waals surface area contributed by atoms with Crippen molar-refractivity contribution in [1.29, 1.82) is 0 Å². The average Bonchev–Trinajstić information content (AvgIpc) is 2.54. The molecule has 0 saturated carbocycles. The SMILES string of the molecule is CCc1nc2cccc(OC)c2c(-c2ccccc2)c1C. The second-order valence-electron chi connectivity index (χ2n) is 5.13. The first-order chi connectivity index (χ1) is 10.3. The lowest BCUT2D eigenvalue weighted by molar-refractivity contribution is 0.420. The van der Waals surface area contributed by atoms with Crippen LogP contribution in [0, 0.1) is 6.92 Å². The Labute approximate surface area is 125 Å². The fourth-order valence-electron chi connectivity index (χ4n) is 2.91. The highest BCUT2D eigenvalue weighted by molar-refractivity contribution is 6.00. The number of ether oxygens (including phenoxy) is 1. The number of hydrogen-bond donors (Lipinski definition) is 0. The van der Waals surface area contributed by atoms with Gasteiger partial charge in [-0.2, -0.15) is 0 Å². The van der Waals surface area contributed by atoms with Gasteiger partial charge in [0.05, 0.1) is 18.0 Å². The van der Waals surface area contributed by atoms with Gasteiger partial charge in [0.15, 0.2) is 0 Å². The zero-order chi connectivity index (χ0) is 14.8. The zero-order valence-electron chi connectivity index (χ0n) is 12.7. The van der Waals surface area contributed by atoms with Gasteiger partial charge in [-0.15, -0.1) is 0 Å². The smallest absolute Gasteiger partial charge is 0.128 e. The Morgan fingerprint density at radius 1 is 1.00 bits per heavy atom. The molecule has 0 aliphatic rings. The largest absolute Gasteiger partial charge is 0.496 e. The van der Waals surface area contributed by atoms with Crippen LogP contribution in [0.2, 0.25) is 0 Å². The van der Waals surface area contributed by atoms with Crippen molar-refractivity contribution >= 4 is 10.9 Å². The van der Waals surface area contributed by atoms with Crippen molar-refractivity contribution in [3.05, 3.63) is 59.8 Å². The lowest BCUT2D eigenvalue weighted by Crippen LogP contribution is -1.99. The molecule has 2 nitrogen and oxygen atoms in total. The Kier molecular flexibility index (Phi) is 3.61. The van der Waals surface area contributed by atoms with Gasteiger partial charge >= 0.3 is 0 Å². The van der Waals surface area contributed by atoms with Crippen LogP contribution in [0.4, 0.5) is 0 Å². The van der Waals surface area contributed by atoms with Crippen LogP contribution in [0.25, 0.3) is 22.0 Å². The lowest BCUT2D eigenvalue weighted by Gasteiger charge is -2.16. The molecular weight excluding hydrogens is 258 g/mol. The molecule has 0 bridgehead atoms. The summed E-state index contributed by atoms with van der Waals surface area (Å²) in [7, 11) is 1.71. The first kappa shape index (κ1) is 13.6. The molecule has 2 aromatic carbocycles. The van der Waals surface area contributed by atoms with E-state index < -0.39 is 0 Å². The molecule has 21 heavy (non-hydrogen) atoms. The van der Waals surface area contributed by atoms with E-state index in [0.29, 0.717) is 0 Å². The number of methoxy groups -OCH3 is 1. The van der Waals surface area contributed by atoms with E-state index in [1.54, 1.807) is 7.11 Å². The highest BCUT2D eigenvalue weighted by atomic mass is 16.5. The number of nitrogens with zero attached hydrogens (tertiary/aromatic N) is 1. The molecule has 0 saturated heterocycles. The van der Waals surface area contributed by atoms with Crippen molar-refractivity contribution in [2.75, 3.05) is 7.11 Å². The fourth-order valence-corrected chi connectivity index (χ4v) is 2.91. The molecule has 0 N–H and O–H groups in total. The van der Waals surface area contributed by atoms with E-state index in [1.165, 1.54) is 16.7 Å². The van der Waals surface area contributed by atoms with E-state index in [1.807, 2.05) is 18.2 Å². The summed E-state index contributed by atoms with van der Waals surface area (Å²) in [5, 5.41) is 1.10. The van der Waals surface area contributed by atoms with Gasteiger partial charge in [0.25, 0.3) is 0 Å². The summed E-state index contributed by atoms with van der Waals surface area (Å²) in [6.07, 6.45) is 0.929. The maximum Gasteiger partial charge on any atom is 0.128 e. The quantitative estimate of drug-likeness (QED) is 0.687. The predicted octanol–water partition coefficient (Wildman–Crippen LogP) is 4.78. The molecule has 3 rings (SSSR count). The minimum atomic E-state index is 0.879. The van der Waals surface area contributed by atoms with Crippen LogP contribution in [0.3, 0.4) is 0 Å². The number of aromatic nitrogens is 1. The van der Waals surface area contributed by atoms with Gasteiger partial charge in [0.1, 0.15) is 5.75 Å². The average molecular weight is 277 g/mol. The molecule has 1 heterocycles. The Balaban J connectivity index is 2.47. The number of hydrogen-bond acceptors (Lipinski definition) is 2. The molecule has 1 aromatic heterocycles. The lowest BCUT2D eigenvalue weighted by atomic mass is 9.94. The van der Waals surface area contributed by atoms with E-state index in [-0.39, 0.29) is 0 Å². The monoisotopic (exact) mass is 277 g/mol. The van der Waals surface area contributed by atoms with Gasteiger partial charge in [-0.3, -0.25) is 4.98 Å². The molecule has 0 radical (unpaired) electrons. The molecule has 0 spiro atoms. The van der Waals surface area contributed by atoms with Crippen molar-refractivity contribution in [2.24, 2.45) is 0 Å². The number of benzene rings is 2. The summed E-state index contributed by atoms with van der Waals surface area (Å²) < 4.78 is 5.58. The first-order valence-electron chi connectivity index (χ1n) is 7.27. The highest BCUT2D eigenvalue weighted by Crippen LogP contribution is 2.37. The Morgan fingerprint density at radius 2 is 1.76 bits per heavy atom. The first-order valence-corrected chi connectivity index (χ1v) is 7.27. The predicted molar refractivity (Wildman–Crippen MR) is 87.8 cm³/mol. The fraction of sp³-hybridized carbons (Fsp3) is 0.211. The van der Waals surface area contributed by atoms with Crippen LogP contribution >= 0.6 is 0 Å². The third-order valence-corrected chi connectivity index (χ3v) is 3.93. The standard InChI is InChI=1S/C19H19NO/c1-4-15-13(2)18(14-9-6-5-7-10-14)19-16(20-15)11-8-12-17(19)21-3/h5-12H,4H2,1-3H3. The summed E-state index contributed by atoms with van der Waals surface area (Å²) in [6.45, 7) is 4.30. The second kappa shape index (κ2) is 5.57. The Hall–Kier alpha value is -2.35. The topological polar surface area (TPSA) is 22.1 Å². The molecule has 2 heteroatoms. The van der Waals surface area contributed by atoms with Gasteiger partial charge in [-0.25, -0.2) is 0 Å².